The number of hydrogen-bond donors (Lipinski definition) is 2. The number of sulfonamides is 1. The Morgan fingerprint density at radius 1 is 1.30 bits per heavy atom. The normalized spacial score (nSPS) is 25.3. The van der Waals surface area contributed by atoms with Gasteiger partial charge in [0.2, 0.25) is 10.0 Å². The van der Waals surface area contributed by atoms with Crippen LogP contribution in [0.4, 0.5) is 0 Å². The lowest BCUT2D eigenvalue weighted by molar-refractivity contribution is 0.229. The van der Waals surface area contributed by atoms with Gasteiger partial charge in [0.25, 0.3) is 0 Å². The number of primary sulfonamides is 1. The quantitative estimate of drug-likeness (QED) is 0.832. The summed E-state index contributed by atoms with van der Waals surface area (Å²) in [5, 5.41) is 8.87. The second-order valence-electron chi connectivity index (χ2n) is 6.74. The Morgan fingerprint density at radius 3 is 2.65 bits per heavy atom. The van der Waals surface area contributed by atoms with Gasteiger partial charge in [-0.2, -0.15) is 0 Å². The number of hydrogen-bond acceptors (Lipinski definition) is 4. The third-order valence-electron chi connectivity index (χ3n) is 4.79. The minimum Gasteiger partial charge on any atom is -0.495 e. The van der Waals surface area contributed by atoms with Crippen LogP contribution >= 0.6 is 0 Å². The number of nitrogens with one attached hydrogen (secondary N) is 1. The van der Waals surface area contributed by atoms with E-state index in [1.165, 1.54) is 26.4 Å². The van der Waals surface area contributed by atoms with E-state index in [2.05, 4.69) is 19.2 Å². The van der Waals surface area contributed by atoms with Gasteiger partial charge in [0.1, 0.15) is 10.6 Å². The Bertz CT molecular complexity index is 631. The van der Waals surface area contributed by atoms with Gasteiger partial charge in [0.05, 0.1) is 7.11 Å². The van der Waals surface area contributed by atoms with Crippen molar-refractivity contribution in [1.29, 1.82) is 0 Å². The van der Waals surface area contributed by atoms with Gasteiger partial charge in [0.15, 0.2) is 0 Å². The fraction of sp³-hybridized carbons (Fsp3) is 0.647. The fourth-order valence-corrected chi connectivity index (χ4v) is 4.22. The molecule has 0 unspecified atom stereocenters. The van der Waals surface area contributed by atoms with E-state index >= 15 is 0 Å². The number of rotatable bonds is 6. The van der Waals surface area contributed by atoms with Gasteiger partial charge in [-0.3, -0.25) is 0 Å². The molecule has 0 spiro atoms. The summed E-state index contributed by atoms with van der Waals surface area (Å²) in [6.45, 7) is 5.46. The summed E-state index contributed by atoms with van der Waals surface area (Å²) in [4.78, 5) is 0.0531. The van der Waals surface area contributed by atoms with Crippen molar-refractivity contribution in [2.24, 2.45) is 17.0 Å². The van der Waals surface area contributed by atoms with E-state index in [0.717, 1.165) is 24.4 Å². The van der Waals surface area contributed by atoms with Crippen molar-refractivity contribution in [2.45, 2.75) is 50.5 Å². The summed E-state index contributed by atoms with van der Waals surface area (Å²) in [6.07, 6.45) is 4.54. The molecule has 3 atom stereocenters. The van der Waals surface area contributed by atoms with Crippen molar-refractivity contribution in [1.82, 2.24) is 5.32 Å². The molecule has 1 aromatic rings. The average molecular weight is 340 g/mol. The van der Waals surface area contributed by atoms with Crippen LogP contribution in [-0.4, -0.2) is 28.1 Å². The van der Waals surface area contributed by atoms with Gasteiger partial charge >= 0.3 is 0 Å². The SMILES string of the molecule is COc1ccc(CCN[C@@H]2CC[C@H](C)C[C@H]2C)cc1S(N)(=O)=O. The van der Waals surface area contributed by atoms with Crippen molar-refractivity contribution in [3.05, 3.63) is 23.8 Å². The van der Waals surface area contributed by atoms with Crippen LogP contribution in [0.3, 0.4) is 0 Å². The molecule has 1 saturated carbocycles. The molecule has 0 radical (unpaired) electrons. The first-order chi connectivity index (χ1) is 10.8. The van der Waals surface area contributed by atoms with Crippen LogP contribution in [0.15, 0.2) is 23.1 Å². The summed E-state index contributed by atoms with van der Waals surface area (Å²) in [5.74, 6) is 1.80. The van der Waals surface area contributed by atoms with Crippen molar-refractivity contribution in [2.75, 3.05) is 13.7 Å². The first-order valence-corrected chi connectivity index (χ1v) is 9.79. The molecule has 1 aliphatic carbocycles. The molecule has 1 aliphatic rings. The molecule has 0 aromatic heterocycles. The van der Waals surface area contributed by atoms with Crippen molar-refractivity contribution in [3.63, 3.8) is 0 Å². The first-order valence-electron chi connectivity index (χ1n) is 8.24. The van der Waals surface area contributed by atoms with Crippen LogP contribution < -0.4 is 15.2 Å². The summed E-state index contributed by atoms with van der Waals surface area (Å²) in [6, 6.07) is 5.73. The summed E-state index contributed by atoms with van der Waals surface area (Å²) < 4.78 is 28.4. The van der Waals surface area contributed by atoms with E-state index in [1.54, 1.807) is 12.1 Å². The van der Waals surface area contributed by atoms with Crippen molar-refractivity contribution >= 4 is 10.0 Å². The molecule has 0 heterocycles. The van der Waals surface area contributed by atoms with Gasteiger partial charge < -0.3 is 10.1 Å². The molecule has 1 fully saturated rings. The van der Waals surface area contributed by atoms with Crippen LogP contribution in [0.5, 0.6) is 5.75 Å². The maximum Gasteiger partial charge on any atom is 0.241 e. The third-order valence-corrected chi connectivity index (χ3v) is 5.72. The molecular formula is C17H28N2O3S. The molecule has 2 rings (SSSR count). The lowest BCUT2D eigenvalue weighted by Crippen LogP contribution is -2.39. The molecule has 0 amide bonds. The highest BCUT2D eigenvalue weighted by Gasteiger charge is 2.24. The van der Waals surface area contributed by atoms with Crippen LogP contribution in [0.25, 0.3) is 0 Å². The van der Waals surface area contributed by atoms with Crippen LogP contribution in [0, 0.1) is 11.8 Å². The van der Waals surface area contributed by atoms with E-state index in [4.69, 9.17) is 9.88 Å². The zero-order valence-corrected chi connectivity index (χ0v) is 15.0. The van der Waals surface area contributed by atoms with Gasteiger partial charge in [-0.15, -0.1) is 0 Å². The Labute approximate surface area is 139 Å². The first kappa shape index (κ1) is 18.2. The minimum atomic E-state index is -3.77. The zero-order chi connectivity index (χ0) is 17.0. The number of benzene rings is 1. The molecule has 6 heteroatoms. The molecule has 1 aromatic carbocycles. The van der Waals surface area contributed by atoms with Gasteiger partial charge in [-0.05, 0) is 61.8 Å². The molecule has 3 N–H and O–H groups in total. The molecule has 23 heavy (non-hydrogen) atoms. The molecule has 0 saturated heterocycles. The van der Waals surface area contributed by atoms with Gasteiger partial charge in [-0.25, -0.2) is 13.6 Å². The van der Waals surface area contributed by atoms with Crippen LogP contribution in [0.2, 0.25) is 0 Å². The van der Waals surface area contributed by atoms with Crippen LogP contribution in [-0.2, 0) is 16.4 Å². The van der Waals surface area contributed by atoms with Gasteiger partial charge in [-0.1, -0.05) is 19.9 Å². The second-order valence-corrected chi connectivity index (χ2v) is 8.27. The highest BCUT2D eigenvalue weighted by Crippen LogP contribution is 2.28. The Kier molecular flexibility index (Phi) is 6.06. The number of ether oxygens (including phenoxy) is 1. The Balaban J connectivity index is 1.96. The second kappa shape index (κ2) is 7.64. The molecule has 0 aliphatic heterocycles. The predicted molar refractivity (Wildman–Crippen MR) is 92.0 cm³/mol. The van der Waals surface area contributed by atoms with Gasteiger partial charge in [0, 0.05) is 6.04 Å². The van der Waals surface area contributed by atoms with E-state index in [-0.39, 0.29) is 4.90 Å². The number of nitrogens with two attached hydrogens (primary N) is 1. The van der Waals surface area contributed by atoms with Crippen LogP contribution in [0.1, 0.15) is 38.7 Å². The molecule has 130 valence electrons. The fourth-order valence-electron chi connectivity index (χ4n) is 3.47. The largest absolute Gasteiger partial charge is 0.495 e. The Morgan fingerprint density at radius 2 is 2.04 bits per heavy atom. The summed E-state index contributed by atoms with van der Waals surface area (Å²) in [5.41, 5.74) is 0.944. The molecular weight excluding hydrogens is 312 g/mol. The minimum absolute atomic E-state index is 0.0531. The smallest absolute Gasteiger partial charge is 0.241 e. The maximum atomic E-state index is 11.6. The lowest BCUT2D eigenvalue weighted by Gasteiger charge is -2.33. The Hall–Kier alpha value is -1.11. The highest BCUT2D eigenvalue weighted by atomic mass is 32.2. The number of methoxy groups -OCH3 is 1. The summed E-state index contributed by atoms with van der Waals surface area (Å²) in [7, 11) is -2.33. The van der Waals surface area contributed by atoms with E-state index in [0.29, 0.717) is 17.7 Å². The predicted octanol–water partition coefficient (Wildman–Crippen LogP) is 2.30. The lowest BCUT2D eigenvalue weighted by atomic mass is 9.80. The topological polar surface area (TPSA) is 81.4 Å². The van der Waals surface area contributed by atoms with E-state index in [9.17, 15) is 8.42 Å². The summed E-state index contributed by atoms with van der Waals surface area (Å²) >= 11 is 0. The maximum absolute atomic E-state index is 11.6. The van der Waals surface area contributed by atoms with Crippen molar-refractivity contribution < 1.29 is 13.2 Å². The molecule has 0 bridgehead atoms. The third kappa shape index (κ3) is 4.93. The zero-order valence-electron chi connectivity index (χ0n) is 14.2. The molecule has 5 nitrogen and oxygen atoms in total. The van der Waals surface area contributed by atoms with Crippen molar-refractivity contribution in [3.8, 4) is 5.75 Å². The van der Waals surface area contributed by atoms with E-state index in [1.807, 2.05) is 6.07 Å². The average Bonchev–Trinajstić information content (AvgIpc) is 2.48. The highest BCUT2D eigenvalue weighted by molar-refractivity contribution is 7.89. The monoisotopic (exact) mass is 340 g/mol. The van der Waals surface area contributed by atoms with E-state index < -0.39 is 10.0 Å². The standard InChI is InChI=1S/C17H28N2O3S/c1-12-4-6-15(13(2)10-12)19-9-8-14-5-7-16(22-3)17(11-14)23(18,20)21/h5,7,11-13,15,19H,4,6,8-10H2,1-3H3,(H2,18,20,21)/t12-,13+,15+/m0/s1.